The molecule has 0 fully saturated rings. The summed E-state index contributed by atoms with van der Waals surface area (Å²) in [5.74, 6) is -20.8. The van der Waals surface area contributed by atoms with Gasteiger partial charge in [0.2, 0.25) is 94.5 Å². The molecule has 0 aliphatic heterocycles. The number of benzene rings is 2. The van der Waals surface area contributed by atoms with Crippen molar-refractivity contribution in [3.63, 3.8) is 0 Å². The van der Waals surface area contributed by atoms with E-state index < -0.39 is 253 Å². The van der Waals surface area contributed by atoms with Crippen LogP contribution in [0.2, 0.25) is 0 Å². The number of carbonyl (C=O) groups is 18. The lowest BCUT2D eigenvalue weighted by molar-refractivity contribution is -0.143. The molecule has 2 aromatic carbocycles. The number of aliphatic hydroxyl groups excluding tert-OH is 2. The highest BCUT2D eigenvalue weighted by Gasteiger charge is 2.41. The average molecular weight is 2030 g/mol. The maximum absolute atomic E-state index is 14.8. The maximum atomic E-state index is 14.8. The van der Waals surface area contributed by atoms with Crippen LogP contribution in [0.3, 0.4) is 0 Å². The Balaban J connectivity index is 2.61. The van der Waals surface area contributed by atoms with Crippen molar-refractivity contribution >= 4 is 142 Å². The van der Waals surface area contributed by atoms with Gasteiger partial charge >= 0.3 is 11.9 Å². The summed E-state index contributed by atoms with van der Waals surface area (Å²) in [6.45, 7) is 8.33. The van der Waals surface area contributed by atoms with Crippen molar-refractivity contribution < 1.29 is 117 Å². The highest BCUT2D eigenvalue weighted by atomic mass is 32.2. The van der Waals surface area contributed by atoms with Crippen molar-refractivity contribution in [3.05, 3.63) is 59.7 Å². The van der Waals surface area contributed by atoms with Gasteiger partial charge in [-0.25, -0.2) is 4.79 Å². The minimum absolute atomic E-state index is 0.00399. The van der Waals surface area contributed by atoms with Gasteiger partial charge < -0.3 is 161 Å². The fourth-order valence-corrected chi connectivity index (χ4v) is 15.0. The van der Waals surface area contributed by atoms with Crippen LogP contribution >= 0.6 is 23.5 Å². The first-order valence-electron chi connectivity index (χ1n) is 46.8. The molecule has 50 nitrogen and oxygen atoms in total. The second kappa shape index (κ2) is 67.8. The molecule has 0 aliphatic rings. The van der Waals surface area contributed by atoms with Crippen LogP contribution in [0.25, 0.3) is 0 Å². The number of phenolic OH excluding ortho intramolecular Hbond substituents is 2. The molecule has 0 radical (unpaired) electrons. The van der Waals surface area contributed by atoms with Gasteiger partial charge in [-0.15, -0.1) is 0 Å². The molecule has 141 heavy (non-hydrogen) atoms. The molecule has 0 saturated heterocycles. The molecule has 792 valence electrons. The molecule has 0 spiro atoms. The topological polar surface area (TPSA) is 863 Å². The van der Waals surface area contributed by atoms with Crippen LogP contribution in [-0.4, -0.2) is 315 Å². The molecule has 39 N–H and O–H groups in total. The van der Waals surface area contributed by atoms with E-state index in [0.717, 1.165) is 6.92 Å². The molecule has 16 amide bonds. The number of hydrogen-bond acceptors (Lipinski definition) is 30. The molecule has 17 atom stereocenters. The zero-order valence-corrected chi connectivity index (χ0v) is 82.8. The van der Waals surface area contributed by atoms with Gasteiger partial charge in [-0.2, -0.15) is 23.5 Å². The Hall–Kier alpha value is -12.5. The highest BCUT2D eigenvalue weighted by molar-refractivity contribution is 7.98. The normalized spacial score (nSPS) is 14.8. The Morgan fingerprint density at radius 1 is 0.355 bits per heavy atom. The van der Waals surface area contributed by atoms with Crippen LogP contribution in [0.15, 0.2) is 48.5 Å². The predicted molar refractivity (Wildman–Crippen MR) is 525 cm³/mol. The Morgan fingerprint density at radius 3 is 1.01 bits per heavy atom. The van der Waals surface area contributed by atoms with E-state index in [4.69, 9.17) is 51.0 Å². The number of carbonyl (C=O) groups excluding carboxylic acids is 16. The summed E-state index contributed by atoms with van der Waals surface area (Å²) in [7, 11) is 0. The average Bonchev–Trinajstić information content (AvgIpc) is 0.808. The fourth-order valence-electron chi connectivity index (χ4n) is 14.0. The summed E-state index contributed by atoms with van der Waals surface area (Å²) in [5, 5.41) is 120. The SMILES string of the molecule is CSCC[C@H](NC(=O)[C@H](CO)NC(=O)[C@H](CCCNC(=N)N)NC(=O)[C@H](CC(C)C)NC(=O)[C@H](CCCCN)NC(=O)[C@H](CCCCN)NC(=O)[C@H](CCC(N)=O)NC(=O)[C@H](Cc1ccc(O)cc1)NC(=O)[C@H](C)NC(=O)[C@@H](N)CCSC)C(=O)N[C@H](C(=O)N[C@@H](CC(=O)O)C(=O)N[C@@H](CCCCN)C(=O)N[C@@H](Cc1ccc(O)cc1)C(=O)N[C@@H](CCCNC(=N)N)C(=O)N[C@@H](CC(C)C)C(=O)O)[C@@H](C)O. The summed E-state index contributed by atoms with van der Waals surface area (Å²) in [6, 6.07) is -14.5. The lowest BCUT2D eigenvalue weighted by Crippen LogP contribution is -2.62. The van der Waals surface area contributed by atoms with Crippen molar-refractivity contribution in [3.8, 4) is 11.5 Å². The molecular formula is C89H150N26O24S2. The van der Waals surface area contributed by atoms with Crippen LogP contribution in [-0.2, 0) is 99.1 Å². The third kappa shape index (κ3) is 50.5. The Bertz CT molecular complexity index is 4400. The molecule has 0 bridgehead atoms. The Morgan fingerprint density at radius 2 is 0.660 bits per heavy atom. The first kappa shape index (κ1) is 125. The summed E-state index contributed by atoms with van der Waals surface area (Å²) in [5.41, 5.74) is 40.9. The number of nitrogens with two attached hydrogens (primary N) is 7. The molecule has 0 aliphatic carbocycles. The van der Waals surface area contributed by atoms with Gasteiger partial charge in [0.15, 0.2) is 11.9 Å². The third-order valence-electron chi connectivity index (χ3n) is 21.8. The van der Waals surface area contributed by atoms with Crippen molar-refractivity contribution in [2.24, 2.45) is 52.0 Å². The fraction of sp³-hybridized carbons (Fsp3) is 0.640. The van der Waals surface area contributed by atoms with Crippen molar-refractivity contribution in [1.29, 1.82) is 10.8 Å². The number of carboxylic acids is 2. The molecule has 52 heteroatoms. The minimum atomic E-state index is -2.12. The van der Waals surface area contributed by atoms with Crippen LogP contribution in [0.4, 0.5) is 0 Å². The number of phenols is 2. The van der Waals surface area contributed by atoms with Gasteiger partial charge in [-0.3, -0.25) is 92.3 Å². The number of amides is 16. The number of thioether (sulfide) groups is 2. The van der Waals surface area contributed by atoms with Gasteiger partial charge in [0.25, 0.3) is 0 Å². The van der Waals surface area contributed by atoms with Gasteiger partial charge in [0.05, 0.1) is 25.2 Å². The molecular weight excluding hydrogens is 1880 g/mol. The number of nitrogens with one attached hydrogen (secondary N) is 19. The zero-order chi connectivity index (χ0) is 106. The molecule has 0 heterocycles. The van der Waals surface area contributed by atoms with Crippen LogP contribution in [0.5, 0.6) is 11.5 Å². The predicted octanol–water partition coefficient (Wildman–Crippen LogP) is -6.79. The van der Waals surface area contributed by atoms with E-state index in [2.05, 4.69) is 90.4 Å². The lowest BCUT2D eigenvalue weighted by atomic mass is 10.0. The molecule has 0 aromatic heterocycles. The van der Waals surface area contributed by atoms with Gasteiger partial charge in [0, 0.05) is 32.4 Å². The molecule has 0 unspecified atom stereocenters. The number of aliphatic carboxylic acids is 2. The number of unbranched alkanes of at least 4 members (excludes halogenated alkanes) is 3. The van der Waals surface area contributed by atoms with E-state index in [9.17, 15) is 117 Å². The molecule has 0 saturated carbocycles. The summed E-state index contributed by atoms with van der Waals surface area (Å²) in [4.78, 5) is 253. The summed E-state index contributed by atoms with van der Waals surface area (Å²) < 4.78 is 0. The standard InChI is InChI=1S/C89H150N26O24S2/c1-47(2)41-63(110-75(126)57(18-10-13-35-91)102-74(125)56(17-9-12-34-90)103-79(130)61(30-31-69(94)120)107-82(133)64(43-51-22-26-53(118)27-23-51)109-72(123)49(5)101-73(124)55(93)32-39-140-7)81(132)105-60(21-16-38-100-89(97)98)78(129)114-68(46-116)85(136)108-62(33-40-141-8)80(131)115-71(50(6)117)86(137)112-66(45-70(121)122)84(135)104-58(19-11-14-36-92)76(127)111-65(44-52-24-28-54(119)29-25-52)83(134)106-59(20-15-37-99-88(95)96)77(128)113-67(87(138)139)42-48(3)4/h22-29,47-50,55-68,71,116-119H,9-21,30-46,90-93H2,1-8H3,(H2,94,120)(H,101,124)(H,102,125)(H,103,130)(H,104,135)(H,105,132)(H,106,134)(H,107,133)(H,108,136)(H,109,123)(H,110,126)(H,111,127)(H,112,137)(H,113,128)(H,114,129)(H,115,131)(H,121,122)(H,138,139)(H4,95,96,99)(H4,97,98,100)/t49-,50+,55-,56-,57-,58-,59-,60-,61-,62-,63-,64-,65-,66-,67-,68-,71-/m0/s1. The smallest absolute Gasteiger partial charge is 0.326 e. The quantitative estimate of drug-likeness (QED) is 0.0166. The minimum Gasteiger partial charge on any atom is -0.508 e. The zero-order valence-electron chi connectivity index (χ0n) is 81.2. The largest absolute Gasteiger partial charge is 0.508 e. The number of aromatic hydroxyl groups is 2. The van der Waals surface area contributed by atoms with E-state index in [1.165, 1.54) is 79.0 Å². The molecule has 2 rings (SSSR count). The Kier molecular flexibility index (Phi) is 59.9. The maximum Gasteiger partial charge on any atom is 0.326 e. The van der Waals surface area contributed by atoms with E-state index in [-0.39, 0.29) is 159 Å². The van der Waals surface area contributed by atoms with Crippen molar-refractivity contribution in [2.75, 3.05) is 63.3 Å². The number of carboxylic acid groups (broad SMARTS) is 2. The Labute approximate surface area is 828 Å². The first-order valence-corrected chi connectivity index (χ1v) is 49.5. The monoisotopic (exact) mass is 2030 g/mol. The number of hydrogen-bond donors (Lipinski definition) is 32. The lowest BCUT2D eigenvalue weighted by Gasteiger charge is -2.29. The van der Waals surface area contributed by atoms with E-state index in [1.807, 2.05) is 6.26 Å². The van der Waals surface area contributed by atoms with E-state index >= 15 is 0 Å². The number of primary amides is 1. The second-order valence-electron chi connectivity index (χ2n) is 34.9. The van der Waals surface area contributed by atoms with Gasteiger partial charge in [-0.1, -0.05) is 52.0 Å². The van der Waals surface area contributed by atoms with Gasteiger partial charge in [0.1, 0.15) is 102 Å². The van der Waals surface area contributed by atoms with Crippen molar-refractivity contribution in [1.82, 2.24) is 90.4 Å². The summed E-state index contributed by atoms with van der Waals surface area (Å²) >= 11 is 2.62. The van der Waals surface area contributed by atoms with Crippen LogP contribution in [0, 0.1) is 22.7 Å². The van der Waals surface area contributed by atoms with Gasteiger partial charge in [-0.05, 0) is 220 Å². The number of rotatable bonds is 72. The second-order valence-corrected chi connectivity index (χ2v) is 36.8. The number of aliphatic hydroxyl groups is 2. The van der Waals surface area contributed by atoms with Crippen LogP contribution < -0.4 is 131 Å². The van der Waals surface area contributed by atoms with E-state index in [0.29, 0.717) is 36.1 Å². The first-order chi connectivity index (χ1) is 66.6. The molecule has 2 aromatic rings. The number of guanidine groups is 2. The summed E-state index contributed by atoms with van der Waals surface area (Å²) in [6.07, 6.45) is -0.804. The van der Waals surface area contributed by atoms with E-state index in [1.54, 1.807) is 34.0 Å². The highest BCUT2D eigenvalue weighted by Crippen LogP contribution is 2.19. The van der Waals surface area contributed by atoms with Crippen molar-refractivity contribution in [2.45, 2.75) is 286 Å². The third-order valence-corrected chi connectivity index (χ3v) is 23.1. The van der Waals surface area contributed by atoms with Crippen LogP contribution in [0.1, 0.15) is 181 Å².